The van der Waals surface area contributed by atoms with Gasteiger partial charge in [0.1, 0.15) is 0 Å². The van der Waals surface area contributed by atoms with Gasteiger partial charge >= 0.3 is 0 Å². The number of ether oxygens (including phenoxy) is 1. The molecule has 2 heterocycles. The van der Waals surface area contributed by atoms with E-state index in [2.05, 4.69) is 42.5 Å². The maximum Gasteiger partial charge on any atom is 0.0800 e. The summed E-state index contributed by atoms with van der Waals surface area (Å²) in [5.41, 5.74) is 1.56. The molecule has 5 atom stereocenters. The molecule has 0 aromatic rings. The molecule has 17 heavy (non-hydrogen) atoms. The lowest BCUT2D eigenvalue weighted by atomic mass is 9.68. The lowest BCUT2D eigenvalue weighted by molar-refractivity contribution is -0.104. The number of hydrogen-bond donors (Lipinski definition) is 0. The molecule has 1 heteroatoms. The zero-order chi connectivity index (χ0) is 11.2. The summed E-state index contributed by atoms with van der Waals surface area (Å²) in [6, 6.07) is 0. The van der Waals surface area contributed by atoms with E-state index in [1.165, 1.54) is 19.3 Å². The summed E-state index contributed by atoms with van der Waals surface area (Å²) in [4.78, 5) is 0. The predicted molar refractivity (Wildman–Crippen MR) is 68.5 cm³/mol. The molecule has 2 bridgehead atoms. The monoisotopic (exact) mass is 226 g/mol. The lowest BCUT2D eigenvalue weighted by Gasteiger charge is -2.48. The van der Waals surface area contributed by atoms with Gasteiger partial charge in [-0.15, -0.1) is 0 Å². The number of hydrogen-bond acceptors (Lipinski definition) is 1. The second-order valence-corrected chi connectivity index (χ2v) is 5.67. The Hall–Kier alpha value is -1.08. The molecule has 4 rings (SSSR count). The minimum absolute atomic E-state index is 0.390. The maximum atomic E-state index is 6.27. The SMILES string of the molecule is C1=CCC2CC3OC(CC4C=CC=CC43)C2=C1. The normalized spacial score (nSPS) is 46.1. The van der Waals surface area contributed by atoms with Gasteiger partial charge in [0.2, 0.25) is 0 Å². The molecule has 2 aliphatic carbocycles. The van der Waals surface area contributed by atoms with Crippen LogP contribution in [0, 0.1) is 17.8 Å². The van der Waals surface area contributed by atoms with Crippen molar-refractivity contribution in [1.82, 2.24) is 0 Å². The first-order valence-corrected chi connectivity index (χ1v) is 6.79. The molecule has 0 spiro atoms. The van der Waals surface area contributed by atoms with Crippen LogP contribution in [0.3, 0.4) is 0 Å². The first-order chi connectivity index (χ1) is 8.42. The standard InChI is InChI=1S/C16H18O/c1-3-7-13-11(5-1)9-15-14-8-4-2-6-12(14)10-16(13)17-15/h1-5,7-8,11-13,15-16H,6,9-10H2. The van der Waals surface area contributed by atoms with E-state index in [-0.39, 0.29) is 0 Å². The van der Waals surface area contributed by atoms with Crippen molar-refractivity contribution in [2.24, 2.45) is 17.8 Å². The molecule has 0 aromatic heterocycles. The van der Waals surface area contributed by atoms with Gasteiger partial charge in [0.05, 0.1) is 12.2 Å². The molecular formula is C16H18O. The fraction of sp³-hybridized carbons (Fsp3) is 0.500. The smallest absolute Gasteiger partial charge is 0.0800 e. The number of rotatable bonds is 0. The summed E-state index contributed by atoms with van der Waals surface area (Å²) in [5.74, 6) is 2.09. The molecule has 0 radical (unpaired) electrons. The van der Waals surface area contributed by atoms with Crippen molar-refractivity contribution >= 4 is 0 Å². The topological polar surface area (TPSA) is 9.23 Å². The highest BCUT2D eigenvalue weighted by Crippen LogP contribution is 2.47. The number of allylic oxidation sites excluding steroid dienone is 6. The van der Waals surface area contributed by atoms with Crippen molar-refractivity contribution in [1.29, 1.82) is 0 Å². The Labute approximate surface area is 103 Å². The average molecular weight is 226 g/mol. The van der Waals surface area contributed by atoms with Gasteiger partial charge in [0, 0.05) is 5.92 Å². The molecule has 0 saturated carbocycles. The second kappa shape index (κ2) is 3.71. The van der Waals surface area contributed by atoms with E-state index in [9.17, 15) is 0 Å². The summed E-state index contributed by atoms with van der Waals surface area (Å²) >= 11 is 0. The first-order valence-electron chi connectivity index (χ1n) is 6.79. The van der Waals surface area contributed by atoms with Crippen LogP contribution in [0.5, 0.6) is 0 Å². The highest BCUT2D eigenvalue weighted by Gasteiger charge is 2.44. The van der Waals surface area contributed by atoms with Crippen LogP contribution in [0.4, 0.5) is 0 Å². The van der Waals surface area contributed by atoms with Gasteiger partial charge in [-0.05, 0) is 36.7 Å². The van der Waals surface area contributed by atoms with Crippen molar-refractivity contribution < 1.29 is 4.74 Å². The van der Waals surface area contributed by atoms with Crippen molar-refractivity contribution in [2.45, 2.75) is 31.5 Å². The Balaban J connectivity index is 1.68. The summed E-state index contributed by atoms with van der Waals surface area (Å²) in [6.45, 7) is 0. The molecule has 1 nitrogen and oxygen atoms in total. The third kappa shape index (κ3) is 1.49. The van der Waals surface area contributed by atoms with Gasteiger partial charge in [0.25, 0.3) is 0 Å². The van der Waals surface area contributed by atoms with Crippen molar-refractivity contribution in [3.63, 3.8) is 0 Å². The minimum atomic E-state index is 0.390. The summed E-state index contributed by atoms with van der Waals surface area (Å²) in [7, 11) is 0. The average Bonchev–Trinajstić information content (AvgIpc) is 2.39. The van der Waals surface area contributed by atoms with E-state index in [1.807, 2.05) is 0 Å². The largest absolute Gasteiger partial charge is 0.370 e. The highest BCUT2D eigenvalue weighted by atomic mass is 16.5. The van der Waals surface area contributed by atoms with Crippen molar-refractivity contribution in [3.8, 4) is 0 Å². The summed E-state index contributed by atoms with van der Waals surface area (Å²) in [5, 5.41) is 0. The van der Waals surface area contributed by atoms with Crippen molar-refractivity contribution in [2.75, 3.05) is 0 Å². The van der Waals surface area contributed by atoms with Crippen LogP contribution in [-0.2, 0) is 4.74 Å². The summed E-state index contributed by atoms with van der Waals surface area (Å²) in [6.07, 6.45) is 20.4. The Morgan fingerprint density at radius 3 is 3.00 bits per heavy atom. The van der Waals surface area contributed by atoms with Gasteiger partial charge in [0.15, 0.2) is 0 Å². The Kier molecular flexibility index (Phi) is 2.16. The van der Waals surface area contributed by atoms with Crippen molar-refractivity contribution in [3.05, 3.63) is 48.1 Å². The zero-order valence-electron chi connectivity index (χ0n) is 9.96. The molecule has 0 N–H and O–H groups in total. The van der Waals surface area contributed by atoms with Gasteiger partial charge in [-0.2, -0.15) is 0 Å². The highest BCUT2D eigenvalue weighted by molar-refractivity contribution is 5.29. The third-order valence-corrected chi connectivity index (χ3v) is 4.76. The van der Waals surface area contributed by atoms with Gasteiger partial charge < -0.3 is 4.74 Å². The second-order valence-electron chi connectivity index (χ2n) is 5.67. The van der Waals surface area contributed by atoms with E-state index >= 15 is 0 Å². The van der Waals surface area contributed by atoms with E-state index in [0.29, 0.717) is 24.0 Å². The Morgan fingerprint density at radius 2 is 2.00 bits per heavy atom. The predicted octanol–water partition coefficient (Wildman–Crippen LogP) is 3.41. The summed E-state index contributed by atoms with van der Waals surface area (Å²) < 4.78 is 6.27. The molecule has 2 aliphatic heterocycles. The van der Waals surface area contributed by atoms with E-state index in [4.69, 9.17) is 4.74 Å². The molecular weight excluding hydrogens is 208 g/mol. The Morgan fingerprint density at radius 1 is 1.06 bits per heavy atom. The van der Waals surface area contributed by atoms with Gasteiger partial charge in [-0.25, -0.2) is 0 Å². The molecule has 4 aliphatic rings. The minimum Gasteiger partial charge on any atom is -0.370 e. The third-order valence-electron chi connectivity index (χ3n) is 4.76. The van der Waals surface area contributed by atoms with E-state index in [0.717, 1.165) is 5.92 Å². The van der Waals surface area contributed by atoms with Gasteiger partial charge in [-0.3, -0.25) is 0 Å². The fourth-order valence-electron chi connectivity index (χ4n) is 3.91. The van der Waals surface area contributed by atoms with Crippen LogP contribution in [0.15, 0.2) is 48.1 Å². The quantitative estimate of drug-likeness (QED) is 0.615. The number of fused-ring (bicyclic) bond motifs is 6. The molecule has 0 amide bonds. The fourth-order valence-corrected chi connectivity index (χ4v) is 3.91. The molecule has 2 fully saturated rings. The van der Waals surface area contributed by atoms with Gasteiger partial charge in [-0.1, -0.05) is 42.5 Å². The molecule has 0 aromatic carbocycles. The molecule has 5 unspecified atom stereocenters. The van der Waals surface area contributed by atoms with E-state index in [1.54, 1.807) is 5.57 Å². The Bertz CT molecular complexity index is 440. The van der Waals surface area contributed by atoms with Crippen LogP contribution in [-0.4, -0.2) is 12.2 Å². The van der Waals surface area contributed by atoms with E-state index < -0.39 is 0 Å². The van der Waals surface area contributed by atoms with Crippen LogP contribution >= 0.6 is 0 Å². The van der Waals surface area contributed by atoms with Crippen LogP contribution in [0.25, 0.3) is 0 Å². The maximum absolute atomic E-state index is 6.27. The lowest BCUT2D eigenvalue weighted by Crippen LogP contribution is -2.47. The van der Waals surface area contributed by atoms with Crippen LogP contribution in [0.2, 0.25) is 0 Å². The van der Waals surface area contributed by atoms with Crippen LogP contribution < -0.4 is 0 Å². The van der Waals surface area contributed by atoms with Crippen LogP contribution in [0.1, 0.15) is 19.3 Å². The molecule has 2 saturated heterocycles. The molecule has 88 valence electrons. The zero-order valence-corrected chi connectivity index (χ0v) is 9.96. The first kappa shape index (κ1) is 9.90.